The van der Waals surface area contributed by atoms with Crippen molar-refractivity contribution >= 4 is 18.2 Å². The van der Waals surface area contributed by atoms with Crippen molar-refractivity contribution in [2.45, 2.75) is 32.1 Å². The Hall–Kier alpha value is 0.724. The molecule has 6 heteroatoms. The largest absolute Gasteiger partial charge is 1.00 e. The van der Waals surface area contributed by atoms with Gasteiger partial charge in [0, 0.05) is 13.8 Å². The average molecular weight is 202 g/mol. The molecule has 0 heterocycles. The van der Waals surface area contributed by atoms with Crippen LogP contribution in [0.4, 0.5) is 0 Å². The molecular formula is C6H15LiO3SSi. The van der Waals surface area contributed by atoms with Gasteiger partial charge in [-0.3, -0.25) is 0 Å². The van der Waals surface area contributed by atoms with Gasteiger partial charge in [0.15, 0.2) is 0 Å². The fraction of sp³-hybridized carbons (Fsp3) is 1.00. The van der Waals surface area contributed by atoms with Gasteiger partial charge in [-0.15, -0.1) is 0 Å². The first-order chi connectivity index (χ1) is 4.71. The Morgan fingerprint density at radius 2 is 1.67 bits per heavy atom. The Morgan fingerprint density at radius 1 is 1.25 bits per heavy atom. The van der Waals surface area contributed by atoms with Gasteiger partial charge < -0.3 is 4.55 Å². The van der Waals surface area contributed by atoms with Crippen LogP contribution in [0.15, 0.2) is 0 Å². The summed E-state index contributed by atoms with van der Waals surface area (Å²) in [6.45, 7) is 6.47. The minimum Gasteiger partial charge on any atom is -0.748 e. The summed E-state index contributed by atoms with van der Waals surface area (Å²) in [6, 6.07) is 0.911. The quantitative estimate of drug-likeness (QED) is 0.402. The van der Waals surface area contributed by atoms with E-state index in [1.54, 1.807) is 0 Å². The first-order valence-corrected chi connectivity index (χ1v) is 8.93. The van der Waals surface area contributed by atoms with E-state index in [0.717, 1.165) is 6.04 Å². The van der Waals surface area contributed by atoms with Crippen LogP contribution in [0, 0.1) is 0 Å². The van der Waals surface area contributed by atoms with E-state index in [0.29, 0.717) is 6.42 Å². The van der Waals surface area contributed by atoms with E-state index in [1.807, 2.05) is 0 Å². The van der Waals surface area contributed by atoms with Crippen LogP contribution in [-0.4, -0.2) is 26.8 Å². The number of hydrogen-bond acceptors (Lipinski definition) is 3. The van der Waals surface area contributed by atoms with Crippen LogP contribution in [-0.2, 0) is 10.1 Å². The van der Waals surface area contributed by atoms with Gasteiger partial charge in [0.2, 0.25) is 0 Å². The van der Waals surface area contributed by atoms with Gasteiger partial charge >= 0.3 is 18.9 Å². The van der Waals surface area contributed by atoms with Crippen molar-refractivity contribution in [1.29, 1.82) is 0 Å². The fourth-order valence-corrected chi connectivity index (χ4v) is 2.77. The zero-order valence-corrected chi connectivity index (χ0v) is 10.1. The van der Waals surface area contributed by atoms with E-state index in [-0.39, 0.29) is 24.6 Å². The van der Waals surface area contributed by atoms with Crippen LogP contribution < -0.4 is 18.9 Å². The number of rotatable bonds is 4. The molecule has 0 unspecified atom stereocenters. The van der Waals surface area contributed by atoms with Crippen molar-refractivity contribution in [3.63, 3.8) is 0 Å². The Morgan fingerprint density at radius 3 is 1.92 bits per heavy atom. The Balaban J connectivity index is 0. The molecule has 0 aromatic rings. The molecule has 0 atom stereocenters. The summed E-state index contributed by atoms with van der Waals surface area (Å²) in [4.78, 5) is 0. The molecule has 0 aliphatic heterocycles. The molecule has 68 valence electrons. The van der Waals surface area contributed by atoms with E-state index in [9.17, 15) is 13.0 Å². The standard InChI is InChI=1S/C6H16O3SSi.Li/c1-11(2,3)6-4-5-10(7,8)9;/h4-6H2,1-3H3,(H,7,8,9);/q;+1/p-1. The third kappa shape index (κ3) is 13.3. The third-order valence-electron chi connectivity index (χ3n) is 1.32. The molecular weight excluding hydrogens is 187 g/mol. The maximum atomic E-state index is 10.2. The van der Waals surface area contributed by atoms with Crippen molar-refractivity contribution in [2.75, 3.05) is 5.75 Å². The molecule has 0 fully saturated rings. The summed E-state index contributed by atoms with van der Waals surface area (Å²) in [7, 11) is -5.13. The second-order valence-corrected chi connectivity index (χ2v) is 11.1. The smallest absolute Gasteiger partial charge is 0.748 e. The van der Waals surface area contributed by atoms with E-state index in [4.69, 9.17) is 0 Å². The molecule has 0 saturated carbocycles. The Bertz CT molecular complexity index is 207. The summed E-state index contributed by atoms with van der Waals surface area (Å²) in [6.07, 6.45) is 0.529. The zero-order chi connectivity index (χ0) is 9.12. The second kappa shape index (κ2) is 5.45. The van der Waals surface area contributed by atoms with Crippen LogP contribution in [0.2, 0.25) is 25.7 Å². The predicted molar refractivity (Wildman–Crippen MR) is 47.3 cm³/mol. The van der Waals surface area contributed by atoms with Crippen LogP contribution in [0.1, 0.15) is 6.42 Å². The fourth-order valence-electron chi connectivity index (χ4n) is 0.779. The normalized spacial score (nSPS) is 12.3. The van der Waals surface area contributed by atoms with Crippen LogP contribution in [0.5, 0.6) is 0 Å². The molecule has 0 aromatic heterocycles. The van der Waals surface area contributed by atoms with E-state index >= 15 is 0 Å². The maximum Gasteiger partial charge on any atom is 1.00 e. The van der Waals surface area contributed by atoms with Gasteiger partial charge in [-0.1, -0.05) is 25.7 Å². The minimum absolute atomic E-state index is 0. The molecule has 0 bridgehead atoms. The molecule has 12 heavy (non-hydrogen) atoms. The van der Waals surface area contributed by atoms with Crippen LogP contribution in [0.3, 0.4) is 0 Å². The van der Waals surface area contributed by atoms with E-state index < -0.39 is 18.2 Å². The molecule has 0 spiro atoms. The summed E-state index contributed by atoms with van der Waals surface area (Å²) in [5, 5.41) is 0. The first-order valence-electron chi connectivity index (χ1n) is 3.64. The summed E-state index contributed by atoms with van der Waals surface area (Å²) < 4.78 is 30.5. The molecule has 3 nitrogen and oxygen atoms in total. The molecule has 0 amide bonds. The number of hydrogen-bond donors (Lipinski definition) is 0. The van der Waals surface area contributed by atoms with E-state index in [1.165, 1.54) is 0 Å². The van der Waals surface area contributed by atoms with Crippen molar-refractivity contribution < 1.29 is 31.8 Å². The first kappa shape index (κ1) is 15.2. The third-order valence-corrected chi connectivity index (χ3v) is 3.96. The maximum absolute atomic E-state index is 10.2. The van der Waals surface area contributed by atoms with E-state index in [2.05, 4.69) is 19.6 Å². The summed E-state index contributed by atoms with van der Waals surface area (Å²) in [5.74, 6) is -0.197. The molecule has 0 N–H and O–H groups in total. The van der Waals surface area contributed by atoms with Gasteiger partial charge in [0.25, 0.3) is 0 Å². The van der Waals surface area contributed by atoms with Gasteiger partial charge in [-0.2, -0.15) is 0 Å². The predicted octanol–water partition coefficient (Wildman–Crippen LogP) is -1.74. The molecule has 0 radical (unpaired) electrons. The van der Waals surface area contributed by atoms with Crippen LogP contribution in [0.25, 0.3) is 0 Å². The van der Waals surface area contributed by atoms with Crippen molar-refractivity contribution in [1.82, 2.24) is 0 Å². The Labute approximate surface area is 87.9 Å². The molecule has 0 aliphatic rings. The average Bonchev–Trinajstić information content (AvgIpc) is 1.55. The van der Waals surface area contributed by atoms with Crippen LogP contribution >= 0.6 is 0 Å². The van der Waals surface area contributed by atoms with Crippen molar-refractivity contribution in [3.8, 4) is 0 Å². The summed E-state index contributed by atoms with van der Waals surface area (Å²) in [5.41, 5.74) is 0. The zero-order valence-electron chi connectivity index (χ0n) is 8.25. The molecule has 0 aromatic carbocycles. The Kier molecular flexibility index (Phi) is 6.91. The van der Waals surface area contributed by atoms with Gasteiger partial charge in [0.05, 0.1) is 10.1 Å². The van der Waals surface area contributed by atoms with Crippen molar-refractivity contribution in [3.05, 3.63) is 0 Å². The summed E-state index contributed by atoms with van der Waals surface area (Å²) >= 11 is 0. The second-order valence-electron chi connectivity index (χ2n) is 3.93. The monoisotopic (exact) mass is 202 g/mol. The van der Waals surface area contributed by atoms with Gasteiger partial charge in [0.1, 0.15) is 0 Å². The SMILES string of the molecule is C[Si](C)(C)CCCS(=O)(=O)[O-].[Li+]. The van der Waals surface area contributed by atoms with Gasteiger partial charge in [-0.25, -0.2) is 8.42 Å². The molecule has 0 aliphatic carbocycles. The molecule has 0 rings (SSSR count). The minimum atomic E-state index is -3.97. The van der Waals surface area contributed by atoms with Gasteiger partial charge in [-0.05, 0) is 6.42 Å². The van der Waals surface area contributed by atoms with Crippen molar-refractivity contribution in [2.24, 2.45) is 0 Å². The topological polar surface area (TPSA) is 57.2 Å². The molecule has 0 saturated heterocycles.